The molecule has 0 amide bonds. The van der Waals surface area contributed by atoms with Gasteiger partial charge in [-0.2, -0.15) is 5.10 Å². The standard InChI is InChI=1S/C17H17N3S/c1-11(2)15-9-10-20(19-15)16-8-7-14(17(18)21)12-5-3-4-6-13(12)16/h3-11H,1-2H3,(H2,18,21). The van der Waals surface area contributed by atoms with Crippen LogP contribution < -0.4 is 5.73 Å². The molecule has 0 spiro atoms. The van der Waals surface area contributed by atoms with Crippen LogP contribution in [-0.4, -0.2) is 14.8 Å². The van der Waals surface area contributed by atoms with E-state index in [2.05, 4.69) is 31.1 Å². The molecule has 21 heavy (non-hydrogen) atoms. The minimum absolute atomic E-state index is 0.411. The Hall–Kier alpha value is -2.20. The number of rotatable bonds is 3. The average Bonchev–Trinajstić information content (AvgIpc) is 2.95. The van der Waals surface area contributed by atoms with E-state index in [0.29, 0.717) is 10.9 Å². The number of fused-ring (bicyclic) bond motifs is 1. The van der Waals surface area contributed by atoms with Crippen molar-refractivity contribution in [2.45, 2.75) is 19.8 Å². The van der Waals surface area contributed by atoms with Gasteiger partial charge in [0.05, 0.1) is 11.4 Å². The number of nitrogens with zero attached hydrogens (tertiary/aromatic N) is 2. The number of aromatic nitrogens is 2. The molecule has 3 rings (SSSR count). The van der Waals surface area contributed by atoms with Crippen molar-refractivity contribution in [1.29, 1.82) is 0 Å². The van der Waals surface area contributed by atoms with Crippen molar-refractivity contribution >= 4 is 28.0 Å². The predicted octanol–water partition coefficient (Wildman–Crippen LogP) is 3.78. The molecule has 3 nitrogen and oxygen atoms in total. The molecule has 0 unspecified atom stereocenters. The van der Waals surface area contributed by atoms with E-state index < -0.39 is 0 Å². The summed E-state index contributed by atoms with van der Waals surface area (Å²) < 4.78 is 1.92. The molecular weight excluding hydrogens is 278 g/mol. The van der Waals surface area contributed by atoms with Gasteiger partial charge in [-0.05, 0) is 29.5 Å². The van der Waals surface area contributed by atoms with Gasteiger partial charge in [0, 0.05) is 17.1 Å². The lowest BCUT2D eigenvalue weighted by Crippen LogP contribution is -2.10. The van der Waals surface area contributed by atoms with Gasteiger partial charge < -0.3 is 5.73 Å². The van der Waals surface area contributed by atoms with Crippen molar-refractivity contribution in [2.75, 3.05) is 0 Å². The summed E-state index contributed by atoms with van der Waals surface area (Å²) >= 11 is 5.14. The van der Waals surface area contributed by atoms with E-state index in [1.807, 2.05) is 41.2 Å². The fourth-order valence-electron chi connectivity index (χ4n) is 2.48. The molecule has 0 saturated heterocycles. The zero-order valence-electron chi connectivity index (χ0n) is 12.1. The van der Waals surface area contributed by atoms with E-state index in [-0.39, 0.29) is 0 Å². The topological polar surface area (TPSA) is 43.8 Å². The molecular formula is C17H17N3S. The third-order valence-electron chi connectivity index (χ3n) is 3.61. The summed E-state index contributed by atoms with van der Waals surface area (Å²) in [4.78, 5) is 0.418. The smallest absolute Gasteiger partial charge is 0.104 e. The van der Waals surface area contributed by atoms with Gasteiger partial charge in [-0.3, -0.25) is 0 Å². The summed E-state index contributed by atoms with van der Waals surface area (Å²) in [5.74, 6) is 0.411. The quantitative estimate of drug-likeness (QED) is 0.748. The Bertz CT molecular complexity index is 818. The normalized spacial score (nSPS) is 11.2. The van der Waals surface area contributed by atoms with Gasteiger partial charge in [-0.1, -0.05) is 50.3 Å². The number of nitrogens with two attached hydrogens (primary N) is 1. The summed E-state index contributed by atoms with van der Waals surface area (Å²) in [5, 5.41) is 6.81. The second kappa shape index (κ2) is 5.30. The lowest BCUT2D eigenvalue weighted by molar-refractivity contribution is 0.770. The summed E-state index contributed by atoms with van der Waals surface area (Å²) in [6.45, 7) is 4.28. The number of hydrogen-bond acceptors (Lipinski definition) is 2. The van der Waals surface area contributed by atoms with Gasteiger partial charge >= 0.3 is 0 Å². The van der Waals surface area contributed by atoms with Crippen LogP contribution in [0, 0.1) is 0 Å². The maximum Gasteiger partial charge on any atom is 0.104 e. The molecule has 1 aromatic heterocycles. The fraction of sp³-hybridized carbons (Fsp3) is 0.176. The second-order valence-corrected chi connectivity index (χ2v) is 5.82. The van der Waals surface area contributed by atoms with Crippen LogP contribution in [0.3, 0.4) is 0 Å². The average molecular weight is 295 g/mol. The molecule has 0 saturated carbocycles. The highest BCUT2D eigenvalue weighted by molar-refractivity contribution is 7.80. The Morgan fingerprint density at radius 2 is 1.81 bits per heavy atom. The minimum atomic E-state index is 0.411. The number of hydrogen-bond donors (Lipinski definition) is 1. The molecule has 0 fully saturated rings. The van der Waals surface area contributed by atoms with Crippen molar-refractivity contribution in [1.82, 2.24) is 9.78 Å². The largest absolute Gasteiger partial charge is 0.389 e. The van der Waals surface area contributed by atoms with Gasteiger partial charge in [-0.15, -0.1) is 0 Å². The van der Waals surface area contributed by atoms with Crippen molar-refractivity contribution in [3.05, 3.63) is 59.9 Å². The van der Waals surface area contributed by atoms with E-state index in [4.69, 9.17) is 18.0 Å². The van der Waals surface area contributed by atoms with Gasteiger partial charge in [0.15, 0.2) is 0 Å². The van der Waals surface area contributed by atoms with Crippen molar-refractivity contribution < 1.29 is 0 Å². The minimum Gasteiger partial charge on any atom is -0.389 e. The Balaban J connectivity index is 2.24. The van der Waals surface area contributed by atoms with E-state index in [1.165, 1.54) is 0 Å². The Labute approximate surface area is 129 Å². The lowest BCUT2D eigenvalue weighted by atomic mass is 10.0. The van der Waals surface area contributed by atoms with E-state index in [9.17, 15) is 0 Å². The Morgan fingerprint density at radius 1 is 1.10 bits per heavy atom. The Kier molecular flexibility index (Phi) is 3.47. The maximum absolute atomic E-state index is 5.82. The van der Waals surface area contributed by atoms with Crippen molar-refractivity contribution in [2.24, 2.45) is 5.73 Å². The molecule has 0 bridgehead atoms. The van der Waals surface area contributed by atoms with Crippen LogP contribution in [0.15, 0.2) is 48.7 Å². The molecule has 0 atom stereocenters. The molecule has 4 heteroatoms. The maximum atomic E-state index is 5.82. The number of benzene rings is 2. The van der Waals surface area contributed by atoms with Gasteiger partial charge in [0.2, 0.25) is 0 Å². The second-order valence-electron chi connectivity index (χ2n) is 5.38. The van der Waals surface area contributed by atoms with E-state index in [1.54, 1.807) is 0 Å². The third-order valence-corrected chi connectivity index (χ3v) is 3.83. The Morgan fingerprint density at radius 3 is 2.43 bits per heavy atom. The summed E-state index contributed by atoms with van der Waals surface area (Å²) in [7, 11) is 0. The lowest BCUT2D eigenvalue weighted by Gasteiger charge is -2.10. The molecule has 2 N–H and O–H groups in total. The first-order valence-electron chi connectivity index (χ1n) is 6.95. The molecule has 0 aliphatic heterocycles. The molecule has 0 aliphatic rings. The van der Waals surface area contributed by atoms with Crippen LogP contribution in [0.5, 0.6) is 0 Å². The zero-order valence-corrected chi connectivity index (χ0v) is 12.9. The molecule has 0 radical (unpaired) electrons. The molecule has 1 heterocycles. The van der Waals surface area contributed by atoms with Crippen molar-refractivity contribution in [3.63, 3.8) is 0 Å². The SMILES string of the molecule is CC(C)c1ccn(-c2ccc(C(N)=S)c3ccccc23)n1. The highest BCUT2D eigenvalue weighted by atomic mass is 32.1. The first kappa shape index (κ1) is 13.8. The van der Waals surface area contributed by atoms with Gasteiger partial charge in [0.1, 0.15) is 4.99 Å². The van der Waals surface area contributed by atoms with Gasteiger partial charge in [0.25, 0.3) is 0 Å². The van der Waals surface area contributed by atoms with E-state index in [0.717, 1.165) is 27.7 Å². The molecule has 3 aromatic rings. The predicted molar refractivity (Wildman–Crippen MR) is 91.0 cm³/mol. The van der Waals surface area contributed by atoms with Crippen LogP contribution in [0.4, 0.5) is 0 Å². The molecule has 2 aromatic carbocycles. The third kappa shape index (κ3) is 2.43. The van der Waals surface area contributed by atoms with Crippen LogP contribution in [0.2, 0.25) is 0 Å². The molecule has 0 aliphatic carbocycles. The zero-order chi connectivity index (χ0) is 15.0. The first-order chi connectivity index (χ1) is 10.1. The highest BCUT2D eigenvalue weighted by Gasteiger charge is 2.10. The summed E-state index contributed by atoms with van der Waals surface area (Å²) in [6, 6.07) is 14.2. The number of thiocarbonyl (C=S) groups is 1. The highest BCUT2D eigenvalue weighted by Crippen LogP contribution is 2.26. The van der Waals surface area contributed by atoms with Crippen LogP contribution in [-0.2, 0) is 0 Å². The summed E-state index contributed by atoms with van der Waals surface area (Å²) in [5.41, 5.74) is 8.85. The van der Waals surface area contributed by atoms with Crippen LogP contribution in [0.25, 0.3) is 16.5 Å². The monoisotopic (exact) mass is 295 g/mol. The molecule has 106 valence electrons. The first-order valence-corrected chi connectivity index (χ1v) is 7.36. The van der Waals surface area contributed by atoms with Gasteiger partial charge in [-0.25, -0.2) is 4.68 Å². The summed E-state index contributed by atoms with van der Waals surface area (Å²) in [6.07, 6.45) is 2.00. The fourth-order valence-corrected chi connectivity index (χ4v) is 2.66. The van der Waals surface area contributed by atoms with Crippen LogP contribution in [0.1, 0.15) is 31.0 Å². The van der Waals surface area contributed by atoms with Crippen molar-refractivity contribution in [3.8, 4) is 5.69 Å². The van der Waals surface area contributed by atoms with E-state index >= 15 is 0 Å². The van der Waals surface area contributed by atoms with Crippen LogP contribution >= 0.6 is 12.2 Å².